The van der Waals surface area contributed by atoms with Crippen LogP contribution >= 0.6 is 24.0 Å². The maximum absolute atomic E-state index is 12.1. The first-order chi connectivity index (χ1) is 5.95. The maximum atomic E-state index is 12.1. The van der Waals surface area contributed by atoms with E-state index in [9.17, 15) is 13.2 Å². The molecule has 0 aliphatic rings. The van der Waals surface area contributed by atoms with Crippen molar-refractivity contribution in [3.05, 3.63) is 28.5 Å². The summed E-state index contributed by atoms with van der Waals surface area (Å²) in [5.74, 6) is 0. The number of nitrogens with zero attached hydrogens (tertiary/aromatic N) is 1. The van der Waals surface area contributed by atoms with Crippen LogP contribution in [0.3, 0.4) is 0 Å². The van der Waals surface area contributed by atoms with Crippen LogP contribution in [-0.4, -0.2) is 4.98 Å². The zero-order valence-electron chi connectivity index (χ0n) is 6.81. The fourth-order valence-corrected chi connectivity index (χ4v) is 0.972. The lowest BCUT2D eigenvalue weighted by atomic mass is 10.2. The molecule has 0 saturated heterocycles. The molecule has 1 aromatic rings. The van der Waals surface area contributed by atoms with Crippen LogP contribution in [0.1, 0.15) is 11.1 Å². The molecule has 14 heavy (non-hydrogen) atoms. The zero-order valence-corrected chi connectivity index (χ0v) is 8.38. The van der Waals surface area contributed by atoms with Crippen LogP contribution in [0.2, 0.25) is 5.15 Å². The molecule has 80 valence electrons. The van der Waals surface area contributed by atoms with Gasteiger partial charge in [0, 0.05) is 18.3 Å². The molecule has 1 heterocycles. The number of hydrogen-bond acceptors (Lipinski definition) is 2. The first-order valence-corrected chi connectivity index (χ1v) is 3.74. The Morgan fingerprint density at radius 1 is 1.43 bits per heavy atom. The summed E-state index contributed by atoms with van der Waals surface area (Å²) >= 11 is 5.49. The predicted molar refractivity (Wildman–Crippen MR) is 49.4 cm³/mol. The Labute approximate surface area is 89.7 Å². The third kappa shape index (κ3) is 3.01. The van der Waals surface area contributed by atoms with Gasteiger partial charge in [-0.3, -0.25) is 0 Å². The highest BCUT2D eigenvalue weighted by molar-refractivity contribution is 6.30. The van der Waals surface area contributed by atoms with Crippen molar-refractivity contribution in [1.82, 2.24) is 4.98 Å². The third-order valence-corrected chi connectivity index (χ3v) is 1.80. The number of aromatic nitrogens is 1. The van der Waals surface area contributed by atoms with Crippen molar-refractivity contribution in [3.63, 3.8) is 0 Å². The second-order valence-corrected chi connectivity index (χ2v) is 2.73. The van der Waals surface area contributed by atoms with E-state index in [0.29, 0.717) is 6.20 Å². The quantitative estimate of drug-likeness (QED) is 0.774. The standard InChI is InChI=1S/C7H6ClF3N2.ClH/c8-6-4(2-12)1-5(3-13-6)7(9,10)11;/h1,3H,2,12H2;1H. The summed E-state index contributed by atoms with van der Waals surface area (Å²) in [6, 6.07) is 0.898. The van der Waals surface area contributed by atoms with E-state index in [-0.39, 0.29) is 29.7 Å². The molecule has 0 bridgehead atoms. The number of nitrogens with two attached hydrogens (primary N) is 1. The van der Waals surface area contributed by atoms with Crippen LogP contribution in [0, 0.1) is 0 Å². The third-order valence-electron chi connectivity index (χ3n) is 1.46. The number of alkyl halides is 3. The van der Waals surface area contributed by atoms with Gasteiger partial charge in [-0.2, -0.15) is 13.2 Å². The van der Waals surface area contributed by atoms with Crippen LogP contribution < -0.4 is 5.73 Å². The van der Waals surface area contributed by atoms with E-state index in [4.69, 9.17) is 17.3 Å². The first kappa shape index (κ1) is 13.5. The molecule has 7 heteroatoms. The summed E-state index contributed by atoms with van der Waals surface area (Å²) in [5.41, 5.74) is 4.53. The van der Waals surface area contributed by atoms with Crippen LogP contribution in [-0.2, 0) is 12.7 Å². The number of hydrogen-bond donors (Lipinski definition) is 1. The minimum atomic E-state index is -4.40. The van der Waals surface area contributed by atoms with Crippen LogP contribution in [0.4, 0.5) is 13.2 Å². The highest BCUT2D eigenvalue weighted by atomic mass is 35.5. The summed E-state index contributed by atoms with van der Waals surface area (Å²) in [7, 11) is 0. The molecule has 0 spiro atoms. The predicted octanol–water partition coefficient (Wildman–Crippen LogP) is 2.63. The Bertz CT molecular complexity index is 314. The first-order valence-electron chi connectivity index (χ1n) is 3.37. The van der Waals surface area contributed by atoms with Gasteiger partial charge in [-0.15, -0.1) is 12.4 Å². The normalized spacial score (nSPS) is 10.9. The van der Waals surface area contributed by atoms with Gasteiger partial charge in [0.05, 0.1) is 5.56 Å². The summed E-state index contributed by atoms with van der Waals surface area (Å²) in [5, 5.41) is 0.00972. The van der Waals surface area contributed by atoms with Crippen molar-refractivity contribution in [3.8, 4) is 0 Å². The summed E-state index contributed by atoms with van der Waals surface area (Å²) in [6.07, 6.45) is -3.72. The SMILES string of the molecule is Cl.NCc1cc(C(F)(F)F)cnc1Cl. The van der Waals surface area contributed by atoms with Crippen molar-refractivity contribution < 1.29 is 13.2 Å². The number of rotatable bonds is 1. The van der Waals surface area contributed by atoms with E-state index in [2.05, 4.69) is 4.98 Å². The van der Waals surface area contributed by atoms with Gasteiger partial charge in [0.15, 0.2) is 0 Å². The van der Waals surface area contributed by atoms with Gasteiger partial charge in [0.25, 0.3) is 0 Å². The second-order valence-electron chi connectivity index (χ2n) is 2.38. The molecule has 0 fully saturated rings. The Morgan fingerprint density at radius 2 is 2.00 bits per heavy atom. The minimum Gasteiger partial charge on any atom is -0.326 e. The van der Waals surface area contributed by atoms with Crippen LogP contribution in [0.25, 0.3) is 0 Å². The molecule has 1 aromatic heterocycles. The van der Waals surface area contributed by atoms with Crippen molar-refractivity contribution >= 4 is 24.0 Å². The molecule has 0 amide bonds. The van der Waals surface area contributed by atoms with Gasteiger partial charge in [-0.25, -0.2) is 4.98 Å². The Balaban J connectivity index is 0.00000169. The Kier molecular flexibility index (Phi) is 4.64. The Morgan fingerprint density at radius 3 is 2.43 bits per heavy atom. The summed E-state index contributed by atoms with van der Waals surface area (Å²) in [4.78, 5) is 3.38. The largest absolute Gasteiger partial charge is 0.417 e. The smallest absolute Gasteiger partial charge is 0.326 e. The lowest BCUT2D eigenvalue weighted by molar-refractivity contribution is -0.137. The zero-order chi connectivity index (χ0) is 10.1. The van der Waals surface area contributed by atoms with Gasteiger partial charge in [0.1, 0.15) is 5.15 Å². The molecule has 0 aliphatic carbocycles. The second kappa shape index (κ2) is 4.82. The van der Waals surface area contributed by atoms with E-state index in [1.165, 1.54) is 0 Å². The van der Waals surface area contributed by atoms with E-state index in [0.717, 1.165) is 6.07 Å². The maximum Gasteiger partial charge on any atom is 0.417 e. The molecule has 0 saturated carbocycles. The van der Waals surface area contributed by atoms with Gasteiger partial charge >= 0.3 is 6.18 Å². The van der Waals surface area contributed by atoms with Crippen molar-refractivity contribution in [2.45, 2.75) is 12.7 Å². The number of pyridine rings is 1. The van der Waals surface area contributed by atoms with Crippen LogP contribution in [0.5, 0.6) is 0 Å². The monoisotopic (exact) mass is 246 g/mol. The Hall–Kier alpha value is -0.520. The molecule has 0 aromatic carbocycles. The molecular formula is C7H7Cl2F3N2. The molecule has 1 rings (SSSR count). The fraction of sp³-hybridized carbons (Fsp3) is 0.286. The summed E-state index contributed by atoms with van der Waals surface area (Å²) < 4.78 is 36.3. The highest BCUT2D eigenvalue weighted by Gasteiger charge is 2.31. The summed E-state index contributed by atoms with van der Waals surface area (Å²) in [6.45, 7) is -0.0598. The van der Waals surface area contributed by atoms with Gasteiger partial charge in [-0.05, 0) is 6.07 Å². The minimum absolute atomic E-state index is 0. The average molecular weight is 247 g/mol. The molecule has 0 unspecified atom stereocenters. The molecule has 0 aliphatic heterocycles. The molecule has 2 nitrogen and oxygen atoms in total. The molecule has 0 radical (unpaired) electrons. The molecule has 0 atom stereocenters. The van der Waals surface area contributed by atoms with E-state index < -0.39 is 11.7 Å². The van der Waals surface area contributed by atoms with Gasteiger partial charge in [-0.1, -0.05) is 11.6 Å². The van der Waals surface area contributed by atoms with E-state index in [1.54, 1.807) is 0 Å². The number of halogens is 5. The topological polar surface area (TPSA) is 38.9 Å². The van der Waals surface area contributed by atoms with Crippen LogP contribution in [0.15, 0.2) is 12.3 Å². The van der Waals surface area contributed by atoms with Crippen molar-refractivity contribution in [1.29, 1.82) is 0 Å². The van der Waals surface area contributed by atoms with Crippen molar-refractivity contribution in [2.24, 2.45) is 5.73 Å². The lowest BCUT2D eigenvalue weighted by Crippen LogP contribution is -2.08. The average Bonchev–Trinajstić information content (AvgIpc) is 2.03. The van der Waals surface area contributed by atoms with Gasteiger partial charge < -0.3 is 5.73 Å². The van der Waals surface area contributed by atoms with E-state index >= 15 is 0 Å². The van der Waals surface area contributed by atoms with Gasteiger partial charge in [0.2, 0.25) is 0 Å². The lowest BCUT2D eigenvalue weighted by Gasteiger charge is -2.07. The van der Waals surface area contributed by atoms with Crippen molar-refractivity contribution in [2.75, 3.05) is 0 Å². The highest BCUT2D eigenvalue weighted by Crippen LogP contribution is 2.30. The van der Waals surface area contributed by atoms with E-state index in [1.807, 2.05) is 0 Å². The molecular weight excluding hydrogens is 240 g/mol. The molecule has 2 N–H and O–H groups in total. The fourth-order valence-electron chi connectivity index (χ4n) is 0.792.